The lowest BCUT2D eigenvalue weighted by molar-refractivity contribution is -0.394. The van der Waals surface area contributed by atoms with Crippen LogP contribution in [0.3, 0.4) is 0 Å². The molecule has 9 nitrogen and oxygen atoms in total. The smallest absolute Gasteiger partial charge is 0.267 e. The Balaban J connectivity index is 1.61. The van der Waals surface area contributed by atoms with E-state index < -0.39 is 39.0 Å². The summed E-state index contributed by atoms with van der Waals surface area (Å²) in [6.45, 7) is 0. The Morgan fingerprint density at radius 3 is 2.24 bits per heavy atom. The molecular weight excluding hydrogens is 498 g/mol. The molecule has 0 aromatic heterocycles. The van der Waals surface area contributed by atoms with Gasteiger partial charge in [0, 0.05) is 12.0 Å². The molecule has 5 rings (SSSR count). The van der Waals surface area contributed by atoms with E-state index in [4.69, 9.17) is 0 Å². The lowest BCUT2D eigenvalue weighted by Gasteiger charge is -2.29. The molecule has 1 heterocycles. The number of amides is 1. The van der Waals surface area contributed by atoms with Gasteiger partial charge in [0.15, 0.2) is 0 Å². The number of non-ortho nitro benzene ring substituents is 1. The molecule has 0 spiro atoms. The van der Waals surface area contributed by atoms with Crippen molar-refractivity contribution in [1.29, 1.82) is 0 Å². The average Bonchev–Trinajstić information content (AvgIpc) is 3.30. The summed E-state index contributed by atoms with van der Waals surface area (Å²) in [6.07, 6.45) is 3.96. The Bertz CT molecular complexity index is 1500. The molecule has 0 saturated heterocycles. The molecule has 0 N–H and O–H groups in total. The number of nitro benzene ring substituents is 2. The summed E-state index contributed by atoms with van der Waals surface area (Å²) in [7, 11) is 0. The first-order valence-corrected chi connectivity index (χ1v) is 11.8. The maximum Gasteiger partial charge on any atom is 0.289 e. The lowest BCUT2D eigenvalue weighted by atomic mass is 9.77. The second kappa shape index (κ2) is 9.92. The minimum absolute atomic E-state index is 0.276. The van der Waals surface area contributed by atoms with E-state index in [2.05, 4.69) is 5.10 Å². The van der Waals surface area contributed by atoms with Gasteiger partial charge in [0.2, 0.25) is 0 Å². The van der Waals surface area contributed by atoms with Crippen molar-refractivity contribution in [3.8, 4) is 0 Å². The molecule has 1 amide bonds. The molecule has 1 saturated carbocycles. The number of fused-ring (bicyclic) bond motifs is 1. The van der Waals surface area contributed by atoms with Crippen LogP contribution in [0, 0.1) is 37.8 Å². The first kappa shape index (κ1) is 24.9. The van der Waals surface area contributed by atoms with Gasteiger partial charge in [0.05, 0.1) is 27.7 Å². The average molecular weight is 518 g/mol. The highest BCUT2D eigenvalue weighted by Crippen LogP contribution is 2.45. The highest BCUT2D eigenvalue weighted by atomic mass is 19.1. The largest absolute Gasteiger partial charge is 0.289 e. The van der Waals surface area contributed by atoms with E-state index in [0.717, 1.165) is 40.8 Å². The normalized spacial score (nSPS) is 19.7. The van der Waals surface area contributed by atoms with Gasteiger partial charge in [-0.2, -0.15) is 5.10 Å². The highest BCUT2D eigenvalue weighted by Gasteiger charge is 2.45. The van der Waals surface area contributed by atoms with Gasteiger partial charge in [-0.25, -0.2) is 13.8 Å². The topological polar surface area (TPSA) is 119 Å². The van der Waals surface area contributed by atoms with Crippen LogP contribution in [0.2, 0.25) is 0 Å². The first-order chi connectivity index (χ1) is 18.2. The van der Waals surface area contributed by atoms with Crippen LogP contribution in [0.25, 0.3) is 6.08 Å². The molecule has 1 aliphatic carbocycles. The number of halogens is 2. The molecule has 0 radical (unpaired) electrons. The zero-order valence-electron chi connectivity index (χ0n) is 19.8. The summed E-state index contributed by atoms with van der Waals surface area (Å²) in [4.78, 5) is 35.0. The Kier molecular flexibility index (Phi) is 6.50. The van der Waals surface area contributed by atoms with Crippen molar-refractivity contribution in [2.24, 2.45) is 11.0 Å². The number of benzene rings is 3. The first-order valence-electron chi connectivity index (χ1n) is 11.8. The third kappa shape index (κ3) is 4.65. The van der Waals surface area contributed by atoms with Gasteiger partial charge in [-0.3, -0.25) is 25.0 Å². The summed E-state index contributed by atoms with van der Waals surface area (Å²) < 4.78 is 27.1. The number of nitrogens with zero attached hydrogens (tertiary/aromatic N) is 4. The van der Waals surface area contributed by atoms with Crippen molar-refractivity contribution in [2.75, 3.05) is 0 Å². The van der Waals surface area contributed by atoms with Crippen LogP contribution in [0.15, 0.2) is 77.4 Å². The lowest BCUT2D eigenvalue weighted by Crippen LogP contribution is -2.32. The minimum atomic E-state index is -0.844. The third-order valence-electron chi connectivity index (χ3n) is 6.75. The van der Waals surface area contributed by atoms with Crippen LogP contribution in [-0.2, 0) is 0 Å². The molecule has 2 atom stereocenters. The molecule has 1 aliphatic heterocycles. The van der Waals surface area contributed by atoms with E-state index in [1.165, 1.54) is 24.3 Å². The van der Waals surface area contributed by atoms with Gasteiger partial charge in [-0.1, -0.05) is 24.3 Å². The standard InChI is InChI=1S/C27H20F2N4O5/c28-19-8-4-16(5-9-19)14-18-2-1-3-23-25(18)30-31(26(23)17-6-10-20(29)11-7-17)27(34)22-13-12-21(32(35)36)15-24(22)33(37)38/h4-15,23,26H,1-3H2/b18-14-/t23-,26-/m1/s1. The predicted octanol–water partition coefficient (Wildman–Crippen LogP) is 6.22. The molecule has 11 heteroatoms. The van der Waals surface area contributed by atoms with Crippen molar-refractivity contribution in [2.45, 2.75) is 25.3 Å². The fraction of sp³-hybridized carbons (Fsp3) is 0.185. The van der Waals surface area contributed by atoms with Gasteiger partial charge < -0.3 is 0 Å². The predicted molar refractivity (Wildman–Crippen MR) is 134 cm³/mol. The van der Waals surface area contributed by atoms with E-state index >= 15 is 0 Å². The summed E-state index contributed by atoms with van der Waals surface area (Å²) in [5.41, 5.74) is 1.23. The highest BCUT2D eigenvalue weighted by molar-refractivity contribution is 6.09. The number of hydrogen-bond donors (Lipinski definition) is 0. The fourth-order valence-electron chi connectivity index (χ4n) is 5.01. The number of carbonyl (C=O) groups is 1. The Labute approximate surface area is 215 Å². The summed E-state index contributed by atoms with van der Waals surface area (Å²) in [6, 6.07) is 13.7. The molecular formula is C27H20F2N4O5. The maximum atomic E-state index is 13.8. The number of carbonyl (C=O) groups excluding carboxylic acids is 1. The molecule has 192 valence electrons. The van der Waals surface area contributed by atoms with Crippen molar-refractivity contribution in [3.05, 3.63) is 121 Å². The molecule has 3 aromatic rings. The van der Waals surface area contributed by atoms with Crippen LogP contribution < -0.4 is 0 Å². The summed E-state index contributed by atoms with van der Waals surface area (Å²) in [5.74, 6) is -1.91. The second-order valence-electron chi connectivity index (χ2n) is 9.07. The fourth-order valence-corrected chi connectivity index (χ4v) is 5.01. The van der Waals surface area contributed by atoms with E-state index in [1.807, 2.05) is 6.08 Å². The number of nitro groups is 2. The number of hydrazone groups is 1. The van der Waals surface area contributed by atoms with Crippen molar-refractivity contribution in [3.63, 3.8) is 0 Å². The second-order valence-corrected chi connectivity index (χ2v) is 9.07. The number of allylic oxidation sites excluding steroid dienone is 1. The van der Waals surface area contributed by atoms with Crippen molar-refractivity contribution < 1.29 is 23.4 Å². The molecule has 0 bridgehead atoms. The molecule has 1 fully saturated rings. The molecule has 0 unspecified atom stereocenters. The minimum Gasteiger partial charge on any atom is -0.267 e. The van der Waals surface area contributed by atoms with E-state index in [0.29, 0.717) is 24.1 Å². The SMILES string of the molecule is O=C(c1ccc([N+](=O)[O-])cc1[N+](=O)[O-])N1N=C2/C(=C\c3ccc(F)cc3)CCC[C@H]2[C@H]1c1ccc(F)cc1. The van der Waals surface area contributed by atoms with E-state index in [1.54, 1.807) is 24.3 Å². The van der Waals surface area contributed by atoms with Gasteiger partial charge in [0.1, 0.15) is 17.2 Å². The van der Waals surface area contributed by atoms with Crippen LogP contribution in [-0.4, -0.2) is 26.5 Å². The number of hydrogen-bond acceptors (Lipinski definition) is 6. The Hall–Kier alpha value is -4.80. The Morgan fingerprint density at radius 2 is 1.61 bits per heavy atom. The zero-order chi connectivity index (χ0) is 27.0. The van der Waals surface area contributed by atoms with E-state index in [9.17, 15) is 33.8 Å². The van der Waals surface area contributed by atoms with Gasteiger partial charge in [-0.05, 0) is 72.4 Å². The van der Waals surface area contributed by atoms with E-state index in [-0.39, 0.29) is 17.3 Å². The number of rotatable bonds is 5. The molecule has 38 heavy (non-hydrogen) atoms. The Morgan fingerprint density at radius 1 is 0.947 bits per heavy atom. The maximum absolute atomic E-state index is 13.8. The van der Waals surface area contributed by atoms with Crippen LogP contribution >= 0.6 is 0 Å². The molecule has 3 aromatic carbocycles. The van der Waals surface area contributed by atoms with Crippen LogP contribution in [0.4, 0.5) is 20.2 Å². The molecule has 2 aliphatic rings. The quantitative estimate of drug-likeness (QED) is 0.293. The van der Waals surface area contributed by atoms with Crippen LogP contribution in [0.1, 0.15) is 46.8 Å². The van der Waals surface area contributed by atoms with Crippen molar-refractivity contribution in [1.82, 2.24) is 5.01 Å². The summed E-state index contributed by atoms with van der Waals surface area (Å²) >= 11 is 0. The van der Waals surface area contributed by atoms with Gasteiger partial charge in [0.25, 0.3) is 17.3 Å². The van der Waals surface area contributed by atoms with Gasteiger partial charge >= 0.3 is 0 Å². The van der Waals surface area contributed by atoms with Crippen molar-refractivity contribution >= 4 is 29.1 Å². The van der Waals surface area contributed by atoms with Crippen LogP contribution in [0.5, 0.6) is 0 Å². The summed E-state index contributed by atoms with van der Waals surface area (Å²) in [5, 5.41) is 28.7. The van der Waals surface area contributed by atoms with Gasteiger partial charge in [-0.15, -0.1) is 0 Å². The third-order valence-corrected chi connectivity index (χ3v) is 6.75. The zero-order valence-corrected chi connectivity index (χ0v) is 19.8. The monoisotopic (exact) mass is 518 g/mol.